The minimum Gasteiger partial charge on any atom is -0.303 e. The van der Waals surface area contributed by atoms with Crippen molar-refractivity contribution < 1.29 is 19.2 Å². The van der Waals surface area contributed by atoms with E-state index in [1.165, 1.54) is 56.9 Å². The molecule has 3 atom stereocenters. The van der Waals surface area contributed by atoms with E-state index in [-0.39, 0.29) is 17.6 Å². The maximum Gasteiger partial charge on any atom is 0.132 e. The zero-order valence-corrected chi connectivity index (χ0v) is 41.9. The van der Waals surface area contributed by atoms with Gasteiger partial charge in [-0.2, -0.15) is 0 Å². The highest BCUT2D eigenvalue weighted by Crippen LogP contribution is 2.25. The first-order valence-electron chi connectivity index (χ1n) is 22.2. The lowest BCUT2D eigenvalue weighted by atomic mass is 9.85. The third-order valence-electron chi connectivity index (χ3n) is 8.25. The Morgan fingerprint density at radius 1 is 0.600 bits per heavy atom. The molecule has 0 aromatic heterocycles. The number of hydrogen-bond donors (Lipinski definition) is 0. The molecule has 0 radical (unpaired) electrons. The van der Waals surface area contributed by atoms with Gasteiger partial charge in [-0.1, -0.05) is 174 Å². The number of ketones is 3. The predicted octanol–water partition coefficient (Wildman–Crippen LogP) is 17.0. The fraction of sp³-hybridized carbons (Fsp3) is 0.843. The van der Waals surface area contributed by atoms with E-state index in [1.807, 2.05) is 33.8 Å². The Morgan fingerprint density at radius 2 is 0.945 bits per heavy atom. The highest BCUT2D eigenvalue weighted by molar-refractivity contribution is 5.77. The van der Waals surface area contributed by atoms with E-state index < -0.39 is 0 Å². The SMILES string of the molecule is C=CCC.CC(=O)C(C)CCCC(C)(C)C.CC(=O)CCC=C(C)C.CC(=O)CCCC(C)(C)C.CC(C=O)C(C)CCCC(C)(C)C.CCC.CCCC. The summed E-state index contributed by atoms with van der Waals surface area (Å²) in [7, 11) is 0. The molecule has 0 fully saturated rings. The van der Waals surface area contributed by atoms with Crippen LogP contribution in [0, 0.1) is 34.0 Å². The summed E-state index contributed by atoms with van der Waals surface area (Å²) < 4.78 is 0. The number of carbonyl (C=O) groups is 4. The fourth-order valence-electron chi connectivity index (χ4n) is 3.92. The molecule has 332 valence electrons. The molecule has 55 heavy (non-hydrogen) atoms. The average molecular weight is 781 g/mol. The smallest absolute Gasteiger partial charge is 0.132 e. The van der Waals surface area contributed by atoms with Gasteiger partial charge in [0.1, 0.15) is 23.6 Å². The van der Waals surface area contributed by atoms with Crippen molar-refractivity contribution in [2.45, 2.75) is 249 Å². The second-order valence-corrected chi connectivity index (χ2v) is 19.4. The zero-order valence-electron chi connectivity index (χ0n) is 41.9. The largest absolute Gasteiger partial charge is 0.303 e. The van der Waals surface area contributed by atoms with E-state index in [0.717, 1.165) is 44.8 Å². The minimum absolute atomic E-state index is 0.222. The van der Waals surface area contributed by atoms with Crippen LogP contribution in [-0.4, -0.2) is 23.6 Å². The van der Waals surface area contributed by atoms with Gasteiger partial charge in [0.15, 0.2) is 0 Å². The Morgan fingerprint density at radius 3 is 1.20 bits per heavy atom. The van der Waals surface area contributed by atoms with Crippen LogP contribution >= 0.6 is 0 Å². The molecule has 0 amide bonds. The normalized spacial score (nSPS) is 12.0. The van der Waals surface area contributed by atoms with E-state index in [4.69, 9.17) is 0 Å². The Bertz CT molecular complexity index is 883. The van der Waals surface area contributed by atoms with Crippen LogP contribution < -0.4 is 0 Å². The number of aldehydes is 1. The second-order valence-electron chi connectivity index (χ2n) is 19.4. The lowest BCUT2D eigenvalue weighted by molar-refractivity contribution is -0.120. The molecule has 0 aromatic carbocycles. The molecule has 0 aliphatic heterocycles. The van der Waals surface area contributed by atoms with Gasteiger partial charge in [0.05, 0.1) is 0 Å². The summed E-state index contributed by atoms with van der Waals surface area (Å²) in [6, 6.07) is 0. The van der Waals surface area contributed by atoms with Crippen molar-refractivity contribution in [2.75, 3.05) is 0 Å². The van der Waals surface area contributed by atoms with Crippen molar-refractivity contribution in [2.24, 2.45) is 34.0 Å². The number of rotatable bonds is 17. The molecular formula is C51H104O4. The summed E-state index contributed by atoms with van der Waals surface area (Å²) in [4.78, 5) is 42.3. The highest BCUT2D eigenvalue weighted by Gasteiger charge is 2.14. The topological polar surface area (TPSA) is 68.3 Å². The molecule has 3 unspecified atom stereocenters. The number of hydrogen-bond acceptors (Lipinski definition) is 4. The molecule has 0 aliphatic carbocycles. The molecule has 0 heterocycles. The van der Waals surface area contributed by atoms with Crippen LogP contribution in [0.15, 0.2) is 24.3 Å². The first kappa shape index (κ1) is 67.9. The molecule has 0 rings (SSSR count). The average Bonchev–Trinajstić information content (AvgIpc) is 3.03. The molecule has 0 bridgehead atoms. The van der Waals surface area contributed by atoms with Crippen LogP contribution in [0.1, 0.15) is 249 Å². The summed E-state index contributed by atoms with van der Waals surface area (Å²) in [5.41, 5.74) is 2.52. The summed E-state index contributed by atoms with van der Waals surface area (Å²) >= 11 is 0. The van der Waals surface area contributed by atoms with Gasteiger partial charge < -0.3 is 14.4 Å². The quantitative estimate of drug-likeness (QED) is 0.109. The van der Waals surface area contributed by atoms with E-state index in [1.54, 1.807) is 20.8 Å². The molecule has 4 nitrogen and oxygen atoms in total. The summed E-state index contributed by atoms with van der Waals surface area (Å²) in [5.74, 6) is 1.92. The van der Waals surface area contributed by atoms with Crippen LogP contribution in [0.5, 0.6) is 0 Å². The van der Waals surface area contributed by atoms with E-state index in [0.29, 0.717) is 40.2 Å². The fourth-order valence-corrected chi connectivity index (χ4v) is 3.92. The monoisotopic (exact) mass is 781 g/mol. The molecule has 0 saturated carbocycles. The Kier molecular flexibility index (Phi) is 55.4. The third-order valence-corrected chi connectivity index (χ3v) is 8.25. The first-order chi connectivity index (χ1) is 25.0. The van der Waals surface area contributed by atoms with Crippen LogP contribution in [0.4, 0.5) is 0 Å². The van der Waals surface area contributed by atoms with E-state index in [2.05, 4.69) is 117 Å². The maximum atomic E-state index is 10.9. The summed E-state index contributed by atoms with van der Waals surface area (Å²) in [6.45, 7) is 49.5. The predicted molar refractivity (Wildman–Crippen MR) is 251 cm³/mol. The van der Waals surface area contributed by atoms with Crippen molar-refractivity contribution in [1.82, 2.24) is 0 Å². The molecule has 4 heteroatoms. The Balaban J connectivity index is -0.000000103. The molecule has 0 saturated heterocycles. The lowest BCUT2D eigenvalue weighted by Crippen LogP contribution is -2.11. The van der Waals surface area contributed by atoms with Crippen LogP contribution in [0.2, 0.25) is 0 Å². The van der Waals surface area contributed by atoms with Crippen molar-refractivity contribution in [3.63, 3.8) is 0 Å². The molecule has 0 aliphatic rings. The Labute approximate surface area is 348 Å². The number of carbonyl (C=O) groups excluding carboxylic acids is 4. The van der Waals surface area contributed by atoms with Gasteiger partial charge in [-0.05, 0) is 102 Å². The molecule has 0 N–H and O–H groups in total. The minimum atomic E-state index is 0.222. The zero-order chi connectivity index (χ0) is 45.3. The van der Waals surface area contributed by atoms with Gasteiger partial charge in [-0.15, -0.1) is 6.58 Å². The second kappa shape index (κ2) is 44.9. The highest BCUT2D eigenvalue weighted by atomic mass is 16.1. The van der Waals surface area contributed by atoms with Gasteiger partial charge in [0.2, 0.25) is 0 Å². The summed E-state index contributed by atoms with van der Waals surface area (Å²) in [5, 5.41) is 0. The van der Waals surface area contributed by atoms with Gasteiger partial charge >= 0.3 is 0 Å². The lowest BCUT2D eigenvalue weighted by Gasteiger charge is -2.20. The van der Waals surface area contributed by atoms with E-state index >= 15 is 0 Å². The molecule has 0 spiro atoms. The standard InChI is InChI=1S/C12H24O.C11H22O.C9H18O.C8H14O.C4H10.C4H8.C3H8/c1-10(11(2)9-13)7-6-8-12(3,4)5;1-9(10(2)12)7-6-8-11(3,4)5;1-8(10)6-5-7-9(2,3)4;1-7(2)5-4-6-8(3)9;2*1-3-4-2;1-3-2/h9-11H,6-8H2,1-5H3;9H,6-8H2,1-5H3;5-7H2,1-4H3;5H,4,6H2,1-3H3;3-4H2,1-2H3;3H,1,4H2,2H3;3H2,1-2H3. The van der Waals surface area contributed by atoms with Crippen molar-refractivity contribution in [3.05, 3.63) is 24.3 Å². The van der Waals surface area contributed by atoms with Crippen molar-refractivity contribution >= 4 is 23.6 Å². The van der Waals surface area contributed by atoms with E-state index in [9.17, 15) is 19.2 Å². The number of allylic oxidation sites excluding steroid dienone is 3. The van der Waals surface area contributed by atoms with Crippen LogP contribution in [0.3, 0.4) is 0 Å². The third kappa shape index (κ3) is 95.0. The van der Waals surface area contributed by atoms with Crippen molar-refractivity contribution in [1.29, 1.82) is 0 Å². The summed E-state index contributed by atoms with van der Waals surface area (Å²) in [6.07, 6.45) is 21.6. The van der Waals surface area contributed by atoms with Gasteiger partial charge in [0.25, 0.3) is 0 Å². The molecule has 0 aromatic rings. The maximum absolute atomic E-state index is 10.9. The van der Waals surface area contributed by atoms with Crippen LogP contribution in [0.25, 0.3) is 0 Å². The molecular weight excluding hydrogens is 677 g/mol. The van der Waals surface area contributed by atoms with Gasteiger partial charge in [-0.3, -0.25) is 4.79 Å². The Hall–Kier alpha value is -1.84. The van der Waals surface area contributed by atoms with Gasteiger partial charge in [-0.25, -0.2) is 0 Å². The van der Waals surface area contributed by atoms with Crippen molar-refractivity contribution in [3.8, 4) is 0 Å². The van der Waals surface area contributed by atoms with Crippen LogP contribution in [-0.2, 0) is 19.2 Å². The number of unbranched alkanes of at least 4 members (excludes halogenated alkanes) is 1. The first-order valence-corrected chi connectivity index (χ1v) is 22.2. The number of Topliss-reactive ketones (excluding diaryl/α,β-unsaturated/α-hetero) is 3. The van der Waals surface area contributed by atoms with Gasteiger partial charge in [0, 0.05) is 24.7 Å².